The van der Waals surface area contributed by atoms with E-state index in [4.69, 9.17) is 0 Å². The number of carbonyl (C=O) groups is 1. The van der Waals surface area contributed by atoms with Gasteiger partial charge >= 0.3 is 0 Å². The lowest BCUT2D eigenvalue weighted by atomic mass is 9.65. The fourth-order valence-electron chi connectivity index (χ4n) is 5.71. The molecule has 4 aromatic rings. The average molecular weight is 559 g/mol. The molecule has 0 aromatic heterocycles. The standard InChI is InChI=1S/C29H21Br2NO/c1-17-23(30)15-24(31)27-25(17)26(28(33)32-27)29(14-13-19-8-3-5-12-22(19)29)16-20-10-6-9-18-7-2-4-11-21(18)20/h2-15,26H,16H2,1H3,(H,32,33). The monoisotopic (exact) mass is 557 g/mol. The van der Waals surface area contributed by atoms with E-state index in [1.807, 2.05) is 6.07 Å². The van der Waals surface area contributed by atoms with Crippen molar-refractivity contribution in [2.45, 2.75) is 24.7 Å². The molecule has 2 atom stereocenters. The highest BCUT2D eigenvalue weighted by Crippen LogP contribution is 2.55. The first-order valence-corrected chi connectivity index (χ1v) is 12.6. The normalized spacial score (nSPS) is 20.7. The molecule has 0 saturated carbocycles. The Morgan fingerprint density at radius 1 is 0.939 bits per heavy atom. The Labute approximate surface area is 210 Å². The van der Waals surface area contributed by atoms with Crippen LogP contribution in [0.4, 0.5) is 5.69 Å². The van der Waals surface area contributed by atoms with E-state index in [-0.39, 0.29) is 11.8 Å². The third-order valence-electron chi connectivity index (χ3n) is 7.22. The first-order chi connectivity index (χ1) is 16.0. The predicted molar refractivity (Wildman–Crippen MR) is 143 cm³/mol. The predicted octanol–water partition coefficient (Wildman–Crippen LogP) is 7.92. The van der Waals surface area contributed by atoms with Gasteiger partial charge in [-0.25, -0.2) is 0 Å². The van der Waals surface area contributed by atoms with Crippen LogP contribution >= 0.6 is 31.9 Å². The Morgan fingerprint density at radius 3 is 2.58 bits per heavy atom. The van der Waals surface area contributed by atoms with Crippen molar-refractivity contribution in [3.8, 4) is 0 Å². The molecule has 1 aliphatic heterocycles. The van der Waals surface area contributed by atoms with Crippen LogP contribution in [0.25, 0.3) is 16.8 Å². The second-order valence-electron chi connectivity index (χ2n) is 8.95. The number of allylic oxidation sites excluding steroid dienone is 1. The molecule has 0 spiro atoms. The number of hydrogen-bond acceptors (Lipinski definition) is 1. The molecule has 6 rings (SSSR count). The highest BCUT2D eigenvalue weighted by Gasteiger charge is 2.51. The van der Waals surface area contributed by atoms with Crippen molar-refractivity contribution in [2.75, 3.05) is 5.32 Å². The van der Waals surface area contributed by atoms with Crippen molar-refractivity contribution < 1.29 is 4.79 Å². The van der Waals surface area contributed by atoms with E-state index in [1.54, 1.807) is 0 Å². The van der Waals surface area contributed by atoms with Gasteiger partial charge in [-0.15, -0.1) is 0 Å². The Hall–Kier alpha value is -2.69. The van der Waals surface area contributed by atoms with Crippen LogP contribution in [0.5, 0.6) is 0 Å². The molecule has 162 valence electrons. The summed E-state index contributed by atoms with van der Waals surface area (Å²) in [5.74, 6) is -0.284. The summed E-state index contributed by atoms with van der Waals surface area (Å²) in [6.07, 6.45) is 5.20. The number of nitrogens with one attached hydrogen (secondary N) is 1. The third-order valence-corrected chi connectivity index (χ3v) is 8.67. The second-order valence-corrected chi connectivity index (χ2v) is 10.7. The van der Waals surface area contributed by atoms with Crippen molar-refractivity contribution in [3.05, 3.63) is 116 Å². The van der Waals surface area contributed by atoms with E-state index < -0.39 is 5.41 Å². The van der Waals surface area contributed by atoms with Crippen molar-refractivity contribution >= 4 is 60.3 Å². The van der Waals surface area contributed by atoms with Gasteiger partial charge in [-0.05, 0) is 73.9 Å². The highest BCUT2D eigenvalue weighted by molar-refractivity contribution is 9.11. The van der Waals surface area contributed by atoms with Gasteiger partial charge in [-0.3, -0.25) is 4.79 Å². The number of fused-ring (bicyclic) bond motifs is 3. The summed E-state index contributed by atoms with van der Waals surface area (Å²) in [6, 6.07) is 25.5. The van der Waals surface area contributed by atoms with Crippen LogP contribution in [-0.2, 0) is 16.6 Å². The van der Waals surface area contributed by atoms with Gasteiger partial charge in [0.2, 0.25) is 5.91 Å². The lowest BCUT2D eigenvalue weighted by molar-refractivity contribution is -0.118. The average Bonchev–Trinajstić information content (AvgIpc) is 3.37. The SMILES string of the molecule is Cc1c(Br)cc(Br)c2c1C(C1(Cc3cccc4ccccc34)C=Cc3ccccc31)C(=O)N2. The molecule has 0 fully saturated rings. The minimum atomic E-state index is -0.485. The summed E-state index contributed by atoms with van der Waals surface area (Å²) in [4.78, 5) is 13.7. The van der Waals surface area contributed by atoms with Gasteiger partial charge in [0.1, 0.15) is 0 Å². The quantitative estimate of drug-likeness (QED) is 0.272. The summed E-state index contributed by atoms with van der Waals surface area (Å²) in [5, 5.41) is 5.66. The molecule has 1 aliphatic carbocycles. The Kier molecular flexibility index (Phi) is 4.86. The first kappa shape index (κ1) is 20.9. The molecule has 2 unspecified atom stereocenters. The zero-order chi connectivity index (χ0) is 22.7. The largest absolute Gasteiger partial charge is 0.324 e. The molecule has 1 N–H and O–H groups in total. The lowest BCUT2D eigenvalue weighted by Gasteiger charge is -2.36. The zero-order valence-electron chi connectivity index (χ0n) is 18.0. The van der Waals surface area contributed by atoms with E-state index >= 15 is 0 Å². The zero-order valence-corrected chi connectivity index (χ0v) is 21.2. The van der Waals surface area contributed by atoms with Gasteiger partial charge in [-0.2, -0.15) is 0 Å². The number of amides is 1. The molecular formula is C29H21Br2NO. The minimum absolute atomic E-state index is 0.0495. The molecule has 4 aromatic carbocycles. The van der Waals surface area contributed by atoms with E-state index in [0.29, 0.717) is 0 Å². The Bertz CT molecular complexity index is 1480. The lowest BCUT2D eigenvalue weighted by Crippen LogP contribution is -2.37. The van der Waals surface area contributed by atoms with E-state index in [2.05, 4.69) is 123 Å². The fourth-order valence-corrected chi connectivity index (χ4v) is 7.00. The topological polar surface area (TPSA) is 29.1 Å². The van der Waals surface area contributed by atoms with Gasteiger partial charge in [0.15, 0.2) is 0 Å². The number of rotatable bonds is 3. The van der Waals surface area contributed by atoms with Gasteiger partial charge in [-0.1, -0.05) is 94.8 Å². The van der Waals surface area contributed by atoms with Crippen molar-refractivity contribution in [1.82, 2.24) is 0 Å². The minimum Gasteiger partial charge on any atom is -0.324 e. The third kappa shape index (κ3) is 3.08. The number of benzene rings is 4. The van der Waals surface area contributed by atoms with Crippen LogP contribution in [0, 0.1) is 6.92 Å². The second kappa shape index (κ2) is 7.68. The van der Waals surface area contributed by atoms with Crippen LogP contribution in [0.15, 0.2) is 87.8 Å². The van der Waals surface area contributed by atoms with Crippen LogP contribution in [0.1, 0.15) is 33.7 Å². The van der Waals surface area contributed by atoms with Crippen LogP contribution < -0.4 is 5.32 Å². The molecule has 1 amide bonds. The van der Waals surface area contributed by atoms with Gasteiger partial charge in [0, 0.05) is 14.4 Å². The molecule has 1 heterocycles. The smallest absolute Gasteiger partial charge is 0.233 e. The maximum Gasteiger partial charge on any atom is 0.233 e. The van der Waals surface area contributed by atoms with E-state index in [0.717, 1.165) is 32.2 Å². The number of carbonyl (C=O) groups excluding carboxylic acids is 1. The van der Waals surface area contributed by atoms with Crippen molar-refractivity contribution in [2.24, 2.45) is 0 Å². The van der Waals surface area contributed by atoms with Gasteiger partial charge < -0.3 is 5.32 Å². The fraction of sp³-hybridized carbons (Fsp3) is 0.138. The number of anilines is 1. The molecule has 0 bridgehead atoms. The summed E-state index contributed by atoms with van der Waals surface area (Å²) in [5.41, 5.74) is 6.23. The highest BCUT2D eigenvalue weighted by atomic mass is 79.9. The molecule has 4 heteroatoms. The molecular weight excluding hydrogens is 538 g/mol. The summed E-state index contributed by atoms with van der Waals surface area (Å²) >= 11 is 7.40. The maximum absolute atomic E-state index is 13.7. The summed E-state index contributed by atoms with van der Waals surface area (Å²) in [7, 11) is 0. The van der Waals surface area contributed by atoms with E-state index in [1.165, 1.54) is 27.5 Å². The van der Waals surface area contributed by atoms with E-state index in [9.17, 15) is 4.79 Å². The van der Waals surface area contributed by atoms with Crippen LogP contribution in [0.2, 0.25) is 0 Å². The molecule has 2 aliphatic rings. The van der Waals surface area contributed by atoms with Crippen molar-refractivity contribution in [1.29, 1.82) is 0 Å². The number of halogens is 2. The molecule has 33 heavy (non-hydrogen) atoms. The Morgan fingerprint density at radius 2 is 1.70 bits per heavy atom. The van der Waals surface area contributed by atoms with Gasteiger partial charge in [0.05, 0.1) is 11.6 Å². The molecule has 0 radical (unpaired) electrons. The summed E-state index contributed by atoms with van der Waals surface area (Å²) in [6.45, 7) is 2.10. The summed E-state index contributed by atoms with van der Waals surface area (Å²) < 4.78 is 1.91. The maximum atomic E-state index is 13.7. The number of hydrogen-bond donors (Lipinski definition) is 1. The van der Waals surface area contributed by atoms with Crippen LogP contribution in [0.3, 0.4) is 0 Å². The van der Waals surface area contributed by atoms with Crippen LogP contribution in [-0.4, -0.2) is 5.91 Å². The Balaban J connectivity index is 1.63. The van der Waals surface area contributed by atoms with Gasteiger partial charge in [0.25, 0.3) is 0 Å². The molecule has 2 nitrogen and oxygen atoms in total. The molecule has 0 saturated heterocycles. The first-order valence-electron chi connectivity index (χ1n) is 11.0. The van der Waals surface area contributed by atoms with Crippen molar-refractivity contribution in [3.63, 3.8) is 0 Å².